The monoisotopic (exact) mass is 1050 g/mol. The summed E-state index contributed by atoms with van der Waals surface area (Å²) in [6.45, 7) is 1.01. The van der Waals surface area contributed by atoms with E-state index < -0.39 is 83.7 Å². The number of H-pyrrole nitrogens is 1. The fourth-order valence-corrected chi connectivity index (χ4v) is 8.34. The SMILES string of the molecule is CSCC[C@H](NC(=O)[C@H](CCCN=C(N)N)NC(=O)[C@@H](N)CCCN=C(N)N)C(=O)N[C@@H](CCCCN)C(=O)N[C@@H](Cc1c[nH]c2ccccc12)C(=O)N[C@@H](Cc1ccccc1)C(=O)N[C@@H](CCCCN)C(=O)O. The van der Waals surface area contributed by atoms with E-state index in [1.54, 1.807) is 36.5 Å². The highest BCUT2D eigenvalue weighted by Crippen LogP contribution is 2.20. The van der Waals surface area contributed by atoms with Crippen molar-refractivity contribution >= 4 is 76.0 Å². The molecule has 22 N–H and O–H groups in total. The van der Waals surface area contributed by atoms with Crippen molar-refractivity contribution in [3.63, 3.8) is 0 Å². The van der Waals surface area contributed by atoms with Gasteiger partial charge in [0.15, 0.2) is 11.9 Å². The van der Waals surface area contributed by atoms with Gasteiger partial charge in [-0.2, -0.15) is 11.8 Å². The van der Waals surface area contributed by atoms with Gasteiger partial charge in [0, 0.05) is 43.0 Å². The number of unbranched alkanes of at least 4 members (excludes halogenated alkanes) is 2. The molecular weight excluding hydrogens is 973 g/mol. The number of thioether (sulfide) groups is 1. The van der Waals surface area contributed by atoms with Gasteiger partial charge in [-0.3, -0.25) is 38.8 Å². The van der Waals surface area contributed by atoms with Crippen molar-refractivity contribution in [2.45, 2.75) is 126 Å². The number of nitrogens with zero attached hydrogens (tertiary/aromatic N) is 2. The lowest BCUT2D eigenvalue weighted by Crippen LogP contribution is -2.60. The van der Waals surface area contributed by atoms with Gasteiger partial charge in [0.25, 0.3) is 0 Å². The van der Waals surface area contributed by atoms with E-state index in [4.69, 9.17) is 40.1 Å². The third-order valence-corrected chi connectivity index (χ3v) is 12.6. The molecule has 3 rings (SSSR count). The predicted octanol–water partition coefficient (Wildman–Crippen LogP) is -1.61. The number of aliphatic imine (C=N–C) groups is 2. The minimum atomic E-state index is -1.34. The van der Waals surface area contributed by atoms with Gasteiger partial charge in [0.05, 0.1) is 6.04 Å². The van der Waals surface area contributed by atoms with Crippen LogP contribution in [0.2, 0.25) is 0 Å². The third kappa shape index (κ3) is 22.4. The highest BCUT2D eigenvalue weighted by molar-refractivity contribution is 7.98. The lowest BCUT2D eigenvalue weighted by molar-refractivity contribution is -0.142. The first kappa shape index (κ1) is 61.3. The maximum absolute atomic E-state index is 14.7. The molecule has 1 heterocycles. The number of aromatic nitrogens is 1. The number of amides is 6. The first-order valence-corrected chi connectivity index (χ1v) is 26.3. The number of rotatable bonds is 36. The fourth-order valence-electron chi connectivity index (χ4n) is 7.87. The Morgan fingerprint density at radius 1 is 0.554 bits per heavy atom. The first-order chi connectivity index (χ1) is 35.5. The van der Waals surface area contributed by atoms with Crippen LogP contribution in [0.5, 0.6) is 0 Å². The summed E-state index contributed by atoms with van der Waals surface area (Å²) in [6.07, 6.45) is 6.56. The molecule has 0 unspecified atom stereocenters. The Balaban J connectivity index is 1.96. The van der Waals surface area contributed by atoms with Gasteiger partial charge in [-0.25, -0.2) is 4.79 Å². The van der Waals surface area contributed by atoms with Crippen LogP contribution in [0.1, 0.15) is 81.8 Å². The number of benzene rings is 2. The van der Waals surface area contributed by atoms with Gasteiger partial charge >= 0.3 is 5.97 Å². The number of fused-ring (bicyclic) bond motifs is 1. The Labute approximate surface area is 436 Å². The zero-order chi connectivity index (χ0) is 54.4. The van der Waals surface area contributed by atoms with Crippen LogP contribution in [0.25, 0.3) is 10.9 Å². The molecule has 0 radical (unpaired) electrons. The molecule has 2 aromatic carbocycles. The number of aliphatic carboxylic acids is 1. The molecule has 24 nitrogen and oxygen atoms in total. The van der Waals surface area contributed by atoms with Crippen LogP contribution in [0.15, 0.2) is 70.8 Å². The molecule has 0 bridgehead atoms. The van der Waals surface area contributed by atoms with E-state index in [0.717, 1.165) is 10.9 Å². The molecule has 0 aliphatic rings. The fraction of sp³-hybridized carbons (Fsp3) is 0.531. The van der Waals surface area contributed by atoms with Crippen LogP contribution >= 0.6 is 11.8 Å². The summed E-state index contributed by atoms with van der Waals surface area (Å²) in [4.78, 5) is 108. The van der Waals surface area contributed by atoms with Crippen molar-refractivity contribution in [1.29, 1.82) is 0 Å². The van der Waals surface area contributed by atoms with Crippen LogP contribution in [-0.4, -0.2) is 144 Å². The Hall–Kier alpha value is -6.96. The van der Waals surface area contributed by atoms with Crippen LogP contribution in [0.3, 0.4) is 0 Å². The molecule has 0 aliphatic heterocycles. The van der Waals surface area contributed by atoms with E-state index in [9.17, 15) is 38.7 Å². The summed E-state index contributed by atoms with van der Waals surface area (Å²) in [7, 11) is 0. The summed E-state index contributed by atoms with van der Waals surface area (Å²) in [5.74, 6) is -5.37. The van der Waals surface area contributed by atoms with E-state index in [-0.39, 0.29) is 82.9 Å². The van der Waals surface area contributed by atoms with Crippen molar-refractivity contribution < 1.29 is 38.7 Å². The topological polar surface area (TPSA) is 435 Å². The predicted molar refractivity (Wildman–Crippen MR) is 288 cm³/mol. The van der Waals surface area contributed by atoms with E-state index >= 15 is 0 Å². The number of guanidine groups is 2. The molecular formula is C49H78N16O8S. The lowest BCUT2D eigenvalue weighted by Gasteiger charge is -2.28. The van der Waals surface area contributed by atoms with Crippen LogP contribution in [-0.2, 0) is 46.4 Å². The molecule has 0 saturated heterocycles. The van der Waals surface area contributed by atoms with Crippen molar-refractivity contribution in [1.82, 2.24) is 36.9 Å². The Bertz CT molecular complexity index is 2310. The summed E-state index contributed by atoms with van der Waals surface area (Å²) < 4.78 is 0. The van der Waals surface area contributed by atoms with Crippen molar-refractivity contribution in [2.75, 3.05) is 38.2 Å². The number of nitrogens with one attached hydrogen (secondary N) is 7. The van der Waals surface area contributed by atoms with E-state index in [0.29, 0.717) is 55.5 Å². The maximum atomic E-state index is 14.7. The highest BCUT2D eigenvalue weighted by atomic mass is 32.2. The van der Waals surface area contributed by atoms with Gasteiger partial charge in [0.1, 0.15) is 36.3 Å². The van der Waals surface area contributed by atoms with Gasteiger partial charge < -0.3 is 82.1 Å². The number of carboxylic acid groups (broad SMARTS) is 1. The number of para-hydroxylation sites is 1. The zero-order valence-electron chi connectivity index (χ0n) is 42.2. The minimum Gasteiger partial charge on any atom is -0.480 e. The molecule has 6 amide bonds. The molecule has 408 valence electrons. The molecule has 7 atom stereocenters. The van der Waals surface area contributed by atoms with Crippen molar-refractivity contribution in [3.8, 4) is 0 Å². The second-order valence-electron chi connectivity index (χ2n) is 17.8. The maximum Gasteiger partial charge on any atom is 0.326 e. The molecule has 1 aromatic heterocycles. The molecule has 74 heavy (non-hydrogen) atoms. The van der Waals surface area contributed by atoms with Gasteiger partial charge in [-0.1, -0.05) is 48.5 Å². The lowest BCUT2D eigenvalue weighted by atomic mass is 10.0. The van der Waals surface area contributed by atoms with E-state index in [1.807, 2.05) is 30.5 Å². The number of nitrogens with two attached hydrogens (primary N) is 7. The van der Waals surface area contributed by atoms with Crippen LogP contribution in [0.4, 0.5) is 0 Å². The summed E-state index contributed by atoms with van der Waals surface area (Å²) in [6, 6.07) is 7.70. The smallest absolute Gasteiger partial charge is 0.326 e. The van der Waals surface area contributed by atoms with E-state index in [2.05, 4.69) is 46.9 Å². The molecule has 25 heteroatoms. The average molecular weight is 1050 g/mol. The highest BCUT2D eigenvalue weighted by Gasteiger charge is 2.34. The summed E-state index contributed by atoms with van der Waals surface area (Å²) in [5.41, 5.74) is 41.5. The second-order valence-corrected chi connectivity index (χ2v) is 18.8. The van der Waals surface area contributed by atoms with Gasteiger partial charge in [0.2, 0.25) is 35.4 Å². The van der Waals surface area contributed by atoms with Crippen LogP contribution in [0, 0.1) is 0 Å². The quantitative estimate of drug-likeness (QED) is 0.0177. The number of carbonyl (C=O) groups is 7. The van der Waals surface area contributed by atoms with Gasteiger partial charge in [-0.15, -0.1) is 0 Å². The zero-order valence-corrected chi connectivity index (χ0v) is 43.0. The van der Waals surface area contributed by atoms with Crippen molar-refractivity contribution in [3.05, 3.63) is 71.9 Å². The number of hydrogen-bond acceptors (Lipinski definition) is 13. The molecule has 3 aromatic rings. The molecule has 0 aliphatic carbocycles. The number of carboxylic acids is 1. The average Bonchev–Trinajstić information content (AvgIpc) is 3.78. The molecule has 0 saturated carbocycles. The number of carbonyl (C=O) groups excluding carboxylic acids is 6. The summed E-state index contributed by atoms with van der Waals surface area (Å²) in [5, 5.41) is 27.2. The number of aromatic amines is 1. The first-order valence-electron chi connectivity index (χ1n) is 24.9. The second kappa shape index (κ2) is 33.7. The number of hydrogen-bond donors (Lipinski definition) is 15. The summed E-state index contributed by atoms with van der Waals surface area (Å²) >= 11 is 1.42. The van der Waals surface area contributed by atoms with Crippen molar-refractivity contribution in [2.24, 2.45) is 50.1 Å². The largest absolute Gasteiger partial charge is 0.480 e. The standard InChI is InChI=1S/C49H78N16O8S/c1-74-26-21-37(62-42(67)36(20-12-25-58-49(55)56)60-41(66)33(52)16-11-24-57-48(53)54)44(69)61-35(18-7-9-22-50)43(68)65-40(28-31-29-59-34-17-6-5-15-32(31)34)46(71)64-39(27-30-13-3-2-4-14-30)45(70)63-38(47(72)73)19-8-10-23-51/h2-6,13-15,17,29,33,35-40,59H,7-12,16,18-28,50-52H2,1H3,(H,60,66)(H,61,69)(H,62,67)(H,63,70)(H,64,71)(H,65,68)(H,72,73)(H4,53,54,57)(H4,55,56,58)/t33-,35-,36-,37-,38-,39-,40-/m0/s1. The minimum absolute atomic E-state index is 0.0173. The van der Waals surface area contributed by atoms with E-state index in [1.165, 1.54) is 11.8 Å². The normalized spacial score (nSPS) is 13.9. The Morgan fingerprint density at radius 2 is 1.00 bits per heavy atom. The third-order valence-electron chi connectivity index (χ3n) is 11.9. The van der Waals surface area contributed by atoms with Crippen LogP contribution < -0.4 is 72.0 Å². The molecule has 0 fully saturated rings. The Morgan fingerprint density at radius 3 is 1.54 bits per heavy atom. The molecule has 0 spiro atoms. The van der Waals surface area contributed by atoms with Gasteiger partial charge in [-0.05, 0) is 113 Å². The Kier molecular flexibility index (Phi) is 27.9.